The lowest BCUT2D eigenvalue weighted by atomic mass is 10.1. The van der Waals surface area contributed by atoms with E-state index < -0.39 is 22.0 Å². The Morgan fingerprint density at radius 2 is 1.87 bits per heavy atom. The number of methoxy groups -OCH3 is 1. The fourth-order valence-corrected chi connectivity index (χ4v) is 4.39. The van der Waals surface area contributed by atoms with Crippen molar-refractivity contribution in [3.63, 3.8) is 0 Å². The molecule has 168 valence electrons. The van der Waals surface area contributed by atoms with Gasteiger partial charge in [0.25, 0.3) is 0 Å². The molecule has 1 atom stereocenters. The van der Waals surface area contributed by atoms with Gasteiger partial charge in [-0.2, -0.15) is 4.72 Å². The molecule has 0 bridgehead atoms. The molecule has 0 aromatic heterocycles. The van der Waals surface area contributed by atoms with E-state index in [0.29, 0.717) is 35.9 Å². The Hall–Kier alpha value is -2.20. The number of esters is 1. The van der Waals surface area contributed by atoms with Gasteiger partial charge in [-0.25, -0.2) is 8.42 Å². The second-order valence-corrected chi connectivity index (χ2v) is 9.46. The van der Waals surface area contributed by atoms with Crippen LogP contribution in [-0.2, 0) is 19.6 Å². The summed E-state index contributed by atoms with van der Waals surface area (Å²) in [5.74, 6) is -0.623. The van der Waals surface area contributed by atoms with Crippen molar-refractivity contribution in [1.29, 1.82) is 0 Å². The predicted octanol–water partition coefficient (Wildman–Crippen LogP) is 3.63. The summed E-state index contributed by atoms with van der Waals surface area (Å²) < 4.78 is 32.4. The Labute approximate surface area is 193 Å². The van der Waals surface area contributed by atoms with Gasteiger partial charge in [-0.15, -0.1) is 0 Å². The first-order valence-corrected chi connectivity index (χ1v) is 12.0. The van der Waals surface area contributed by atoms with Crippen LogP contribution >= 0.6 is 23.8 Å². The average molecular weight is 484 g/mol. The molecule has 0 aliphatic rings. The molecule has 0 saturated heterocycles. The standard InChI is InChI=1S/C21H26ClN3O4S2/c1-15-9-11-18(12-10-15)31(27,28)25-19(20(26)29-2)8-3-4-13-23-21(30)24-17-7-5-6-16(22)14-17/h5-7,9-12,14,19,25H,3-4,8,13H2,1-2H3,(H2,23,24,30). The number of hydrogen-bond donors (Lipinski definition) is 3. The van der Waals surface area contributed by atoms with Crippen molar-refractivity contribution in [1.82, 2.24) is 10.0 Å². The second-order valence-electron chi connectivity index (χ2n) is 6.90. The Morgan fingerprint density at radius 3 is 2.52 bits per heavy atom. The highest BCUT2D eigenvalue weighted by Gasteiger charge is 2.26. The lowest BCUT2D eigenvalue weighted by Crippen LogP contribution is -2.41. The molecule has 0 heterocycles. The highest BCUT2D eigenvalue weighted by molar-refractivity contribution is 7.89. The zero-order valence-electron chi connectivity index (χ0n) is 17.4. The van der Waals surface area contributed by atoms with Crippen LogP contribution in [0.5, 0.6) is 0 Å². The number of nitrogens with one attached hydrogen (secondary N) is 3. The number of unbranched alkanes of at least 4 members (excludes halogenated alkanes) is 1. The third-order valence-electron chi connectivity index (χ3n) is 4.40. The molecule has 3 N–H and O–H groups in total. The van der Waals surface area contributed by atoms with E-state index in [1.165, 1.54) is 19.2 Å². The number of anilines is 1. The molecule has 2 rings (SSSR count). The quantitative estimate of drug-likeness (QED) is 0.270. The van der Waals surface area contributed by atoms with Crippen LogP contribution in [0.3, 0.4) is 0 Å². The smallest absolute Gasteiger partial charge is 0.323 e. The van der Waals surface area contributed by atoms with Crippen molar-refractivity contribution in [3.05, 3.63) is 59.1 Å². The van der Waals surface area contributed by atoms with Gasteiger partial charge in [0.15, 0.2) is 5.11 Å². The number of rotatable bonds is 10. The van der Waals surface area contributed by atoms with Crippen LogP contribution in [0, 0.1) is 6.92 Å². The molecule has 2 aromatic carbocycles. The van der Waals surface area contributed by atoms with Crippen LogP contribution in [0.2, 0.25) is 5.02 Å². The van der Waals surface area contributed by atoms with E-state index in [1.807, 2.05) is 19.1 Å². The molecule has 10 heteroatoms. The number of carbonyl (C=O) groups excluding carboxylic acids is 1. The predicted molar refractivity (Wildman–Crippen MR) is 127 cm³/mol. The molecule has 2 aromatic rings. The highest BCUT2D eigenvalue weighted by Crippen LogP contribution is 2.15. The third-order valence-corrected chi connectivity index (χ3v) is 6.37. The molecule has 0 amide bonds. The summed E-state index contributed by atoms with van der Waals surface area (Å²) in [5, 5.41) is 7.16. The first kappa shape index (κ1) is 25.1. The fourth-order valence-electron chi connectivity index (χ4n) is 2.76. The molecule has 0 aliphatic carbocycles. The van der Waals surface area contributed by atoms with E-state index >= 15 is 0 Å². The minimum atomic E-state index is -3.83. The van der Waals surface area contributed by atoms with E-state index in [0.717, 1.165) is 11.3 Å². The van der Waals surface area contributed by atoms with Gasteiger partial charge in [0, 0.05) is 17.3 Å². The van der Waals surface area contributed by atoms with Crippen molar-refractivity contribution >= 4 is 50.6 Å². The first-order chi connectivity index (χ1) is 14.7. The fraction of sp³-hybridized carbons (Fsp3) is 0.333. The maximum atomic E-state index is 12.6. The summed E-state index contributed by atoms with van der Waals surface area (Å²) in [4.78, 5) is 12.2. The Bertz CT molecular complexity index is 998. The Morgan fingerprint density at radius 1 is 1.16 bits per heavy atom. The van der Waals surface area contributed by atoms with Crippen molar-refractivity contribution in [2.45, 2.75) is 37.1 Å². The largest absolute Gasteiger partial charge is 0.468 e. The van der Waals surface area contributed by atoms with Gasteiger partial charge >= 0.3 is 5.97 Å². The van der Waals surface area contributed by atoms with Crippen LogP contribution in [0.4, 0.5) is 5.69 Å². The molecule has 7 nitrogen and oxygen atoms in total. The number of carbonyl (C=O) groups is 1. The average Bonchev–Trinajstić information content (AvgIpc) is 2.72. The number of hydrogen-bond acceptors (Lipinski definition) is 5. The summed E-state index contributed by atoms with van der Waals surface area (Å²) in [5.41, 5.74) is 1.72. The molecule has 0 fully saturated rings. The van der Waals surface area contributed by atoms with Crippen molar-refractivity contribution in [3.8, 4) is 0 Å². The Balaban J connectivity index is 1.81. The van der Waals surface area contributed by atoms with Gasteiger partial charge in [0.05, 0.1) is 12.0 Å². The summed E-state index contributed by atoms with van der Waals surface area (Å²) in [6.07, 6.45) is 1.56. The van der Waals surface area contributed by atoms with Crippen molar-refractivity contribution in [2.24, 2.45) is 0 Å². The summed E-state index contributed by atoms with van der Waals surface area (Å²) in [6.45, 7) is 2.43. The Kier molecular flexibility index (Phi) is 9.70. The molecule has 31 heavy (non-hydrogen) atoms. The van der Waals surface area contributed by atoms with E-state index in [2.05, 4.69) is 15.4 Å². The molecule has 0 spiro atoms. The van der Waals surface area contributed by atoms with Crippen LogP contribution in [0.15, 0.2) is 53.4 Å². The molecular weight excluding hydrogens is 458 g/mol. The van der Waals surface area contributed by atoms with E-state index in [-0.39, 0.29) is 4.90 Å². The maximum absolute atomic E-state index is 12.6. The summed E-state index contributed by atoms with van der Waals surface area (Å²) >= 11 is 11.2. The maximum Gasteiger partial charge on any atom is 0.323 e. The molecule has 0 saturated carbocycles. The van der Waals surface area contributed by atoms with Gasteiger partial charge in [-0.05, 0) is 68.7 Å². The number of aryl methyl sites for hydroxylation is 1. The van der Waals surface area contributed by atoms with Crippen LogP contribution in [-0.4, -0.2) is 39.2 Å². The summed E-state index contributed by atoms with van der Waals surface area (Å²) in [6, 6.07) is 12.6. The number of ether oxygens (including phenoxy) is 1. The monoisotopic (exact) mass is 483 g/mol. The van der Waals surface area contributed by atoms with E-state index in [9.17, 15) is 13.2 Å². The zero-order chi connectivity index (χ0) is 22.9. The van der Waals surface area contributed by atoms with Gasteiger partial charge in [0.1, 0.15) is 6.04 Å². The topological polar surface area (TPSA) is 96.5 Å². The second kappa shape index (κ2) is 12.0. The van der Waals surface area contributed by atoms with Crippen LogP contribution in [0.1, 0.15) is 24.8 Å². The number of halogens is 1. The van der Waals surface area contributed by atoms with Crippen molar-refractivity contribution in [2.75, 3.05) is 19.0 Å². The van der Waals surface area contributed by atoms with E-state index in [1.54, 1.807) is 24.3 Å². The van der Waals surface area contributed by atoms with E-state index in [4.69, 9.17) is 28.6 Å². The minimum Gasteiger partial charge on any atom is -0.468 e. The molecule has 0 aliphatic heterocycles. The molecular formula is C21H26ClN3O4S2. The molecule has 1 unspecified atom stereocenters. The van der Waals surface area contributed by atoms with Gasteiger partial charge in [0.2, 0.25) is 10.0 Å². The third kappa shape index (κ3) is 8.45. The lowest BCUT2D eigenvalue weighted by Gasteiger charge is -2.17. The minimum absolute atomic E-state index is 0.103. The van der Waals surface area contributed by atoms with Gasteiger partial charge in [-0.1, -0.05) is 35.4 Å². The number of thiocarbonyl (C=S) groups is 1. The van der Waals surface area contributed by atoms with Crippen molar-refractivity contribution < 1.29 is 17.9 Å². The highest BCUT2D eigenvalue weighted by atomic mass is 35.5. The molecule has 0 radical (unpaired) electrons. The van der Waals surface area contributed by atoms with Gasteiger partial charge < -0.3 is 15.4 Å². The zero-order valence-corrected chi connectivity index (χ0v) is 19.7. The summed E-state index contributed by atoms with van der Waals surface area (Å²) in [7, 11) is -2.60. The van der Waals surface area contributed by atoms with Crippen LogP contribution in [0.25, 0.3) is 0 Å². The number of sulfonamides is 1. The van der Waals surface area contributed by atoms with Crippen LogP contribution < -0.4 is 15.4 Å². The SMILES string of the molecule is COC(=O)C(CCCCNC(=S)Nc1cccc(Cl)c1)NS(=O)(=O)c1ccc(C)cc1. The number of benzene rings is 2. The normalized spacial score (nSPS) is 12.1. The van der Waals surface area contributed by atoms with Gasteiger partial charge in [-0.3, -0.25) is 4.79 Å². The lowest BCUT2D eigenvalue weighted by molar-refractivity contribution is -0.142. The first-order valence-electron chi connectivity index (χ1n) is 9.68.